The Hall–Kier alpha value is -0.530. The van der Waals surface area contributed by atoms with Crippen LogP contribution >= 0.6 is 0 Å². The highest BCUT2D eigenvalue weighted by Crippen LogP contribution is 2.24. The molecule has 2 N–H and O–H groups in total. The van der Waals surface area contributed by atoms with E-state index in [0.29, 0.717) is 6.42 Å². The van der Waals surface area contributed by atoms with Gasteiger partial charge in [-0.2, -0.15) is 0 Å². The van der Waals surface area contributed by atoms with Crippen LogP contribution in [0.1, 0.15) is 52.4 Å². The van der Waals surface area contributed by atoms with Crippen molar-refractivity contribution in [3.8, 4) is 0 Å². The highest BCUT2D eigenvalue weighted by atomic mass is 16.1. The molecule has 0 radical (unpaired) electrons. The molecule has 2 heteroatoms. The third kappa shape index (κ3) is 7.58. The van der Waals surface area contributed by atoms with Gasteiger partial charge in [-0.05, 0) is 12.3 Å². The predicted octanol–water partition coefficient (Wildman–Crippen LogP) is 2.47. The van der Waals surface area contributed by atoms with Crippen molar-refractivity contribution >= 4 is 5.91 Å². The summed E-state index contributed by atoms with van der Waals surface area (Å²) in [7, 11) is 0. The SMILES string of the molecule is CC1CCC1.CCCCC(N)=O. The first-order valence-electron chi connectivity index (χ1n) is 4.95. The second-order valence-corrected chi connectivity index (χ2v) is 3.61. The monoisotopic (exact) mass is 171 g/mol. The molecule has 0 atom stereocenters. The first-order valence-corrected chi connectivity index (χ1v) is 4.95. The van der Waals surface area contributed by atoms with Crippen molar-refractivity contribution in [1.82, 2.24) is 0 Å². The van der Waals surface area contributed by atoms with E-state index >= 15 is 0 Å². The van der Waals surface area contributed by atoms with Gasteiger partial charge < -0.3 is 5.73 Å². The number of hydrogen-bond acceptors (Lipinski definition) is 1. The lowest BCUT2D eigenvalue weighted by molar-refractivity contribution is -0.118. The topological polar surface area (TPSA) is 43.1 Å². The van der Waals surface area contributed by atoms with Gasteiger partial charge in [0.05, 0.1) is 0 Å². The Kier molecular flexibility index (Phi) is 6.82. The van der Waals surface area contributed by atoms with Gasteiger partial charge in [0, 0.05) is 6.42 Å². The second-order valence-electron chi connectivity index (χ2n) is 3.61. The zero-order chi connectivity index (χ0) is 9.40. The van der Waals surface area contributed by atoms with Crippen LogP contribution in [0.5, 0.6) is 0 Å². The predicted molar refractivity (Wildman–Crippen MR) is 51.7 cm³/mol. The van der Waals surface area contributed by atoms with Gasteiger partial charge >= 0.3 is 0 Å². The number of nitrogens with two attached hydrogens (primary N) is 1. The summed E-state index contributed by atoms with van der Waals surface area (Å²) in [5.41, 5.74) is 4.84. The van der Waals surface area contributed by atoms with Crippen molar-refractivity contribution in [2.75, 3.05) is 0 Å². The molecule has 1 amide bonds. The lowest BCUT2D eigenvalue weighted by atomic mass is 9.88. The molecule has 0 bridgehead atoms. The van der Waals surface area contributed by atoms with Crippen molar-refractivity contribution in [1.29, 1.82) is 0 Å². The summed E-state index contributed by atoms with van der Waals surface area (Å²) >= 11 is 0. The molecule has 1 aliphatic carbocycles. The van der Waals surface area contributed by atoms with Crippen LogP contribution in [0.2, 0.25) is 0 Å². The molecule has 1 aliphatic rings. The van der Waals surface area contributed by atoms with Gasteiger partial charge in [0.1, 0.15) is 0 Å². The molecule has 1 saturated carbocycles. The van der Waals surface area contributed by atoms with Crippen LogP contribution in [0, 0.1) is 5.92 Å². The van der Waals surface area contributed by atoms with Crippen LogP contribution in [-0.4, -0.2) is 5.91 Å². The fraction of sp³-hybridized carbons (Fsp3) is 0.900. The molecular weight excluding hydrogens is 150 g/mol. The first kappa shape index (κ1) is 11.5. The Balaban J connectivity index is 0.000000211. The van der Waals surface area contributed by atoms with Gasteiger partial charge in [-0.3, -0.25) is 4.79 Å². The van der Waals surface area contributed by atoms with Crippen LogP contribution in [-0.2, 0) is 4.79 Å². The summed E-state index contributed by atoms with van der Waals surface area (Å²) in [6.07, 6.45) is 6.97. The smallest absolute Gasteiger partial charge is 0.217 e. The normalized spacial score (nSPS) is 15.8. The highest BCUT2D eigenvalue weighted by Gasteiger charge is 2.09. The summed E-state index contributed by atoms with van der Waals surface area (Å²) < 4.78 is 0. The van der Waals surface area contributed by atoms with Crippen LogP contribution in [0.25, 0.3) is 0 Å². The molecule has 0 unspecified atom stereocenters. The van der Waals surface area contributed by atoms with Crippen molar-refractivity contribution in [3.63, 3.8) is 0 Å². The van der Waals surface area contributed by atoms with Crippen LogP contribution < -0.4 is 5.73 Å². The quantitative estimate of drug-likeness (QED) is 0.696. The molecule has 2 nitrogen and oxygen atoms in total. The minimum Gasteiger partial charge on any atom is -0.370 e. The second kappa shape index (κ2) is 7.14. The standard InChI is InChI=1S/C5H11NO.C5H10/c1-2-3-4-5(6)7;1-5-3-2-4-5/h2-4H2,1H3,(H2,6,7);5H,2-4H2,1H3. The first-order chi connectivity index (χ1) is 5.66. The Morgan fingerprint density at radius 2 is 2.00 bits per heavy atom. The molecule has 0 aromatic carbocycles. The maximum Gasteiger partial charge on any atom is 0.217 e. The van der Waals surface area contributed by atoms with Crippen molar-refractivity contribution in [2.45, 2.75) is 52.4 Å². The summed E-state index contributed by atoms with van der Waals surface area (Å²) in [5, 5.41) is 0. The van der Waals surface area contributed by atoms with E-state index in [4.69, 9.17) is 5.73 Å². The summed E-state index contributed by atoms with van der Waals surface area (Å²) in [6.45, 7) is 4.34. The molecule has 0 saturated heterocycles. The average molecular weight is 171 g/mol. The van der Waals surface area contributed by atoms with Crippen LogP contribution in [0.3, 0.4) is 0 Å². The van der Waals surface area contributed by atoms with E-state index in [1.54, 1.807) is 0 Å². The largest absolute Gasteiger partial charge is 0.370 e. The van der Waals surface area contributed by atoms with E-state index in [0.717, 1.165) is 18.8 Å². The van der Waals surface area contributed by atoms with Gasteiger partial charge in [-0.15, -0.1) is 0 Å². The number of primary amides is 1. The van der Waals surface area contributed by atoms with E-state index in [1.807, 2.05) is 6.92 Å². The lowest BCUT2D eigenvalue weighted by Gasteiger charge is -2.18. The average Bonchev–Trinajstić information content (AvgIpc) is 1.98. The summed E-state index contributed by atoms with van der Waals surface area (Å²) in [6, 6.07) is 0. The maximum atomic E-state index is 9.98. The van der Waals surface area contributed by atoms with Gasteiger partial charge in [-0.1, -0.05) is 39.5 Å². The molecule has 0 heterocycles. The number of hydrogen-bond donors (Lipinski definition) is 1. The Morgan fingerprint density at radius 3 is 2.08 bits per heavy atom. The van der Waals surface area contributed by atoms with E-state index in [2.05, 4.69) is 6.92 Å². The van der Waals surface area contributed by atoms with Crippen molar-refractivity contribution in [3.05, 3.63) is 0 Å². The number of carbonyl (C=O) groups is 1. The molecule has 72 valence electrons. The molecule has 12 heavy (non-hydrogen) atoms. The fourth-order valence-electron chi connectivity index (χ4n) is 0.963. The van der Waals surface area contributed by atoms with Crippen LogP contribution in [0.4, 0.5) is 0 Å². The zero-order valence-electron chi connectivity index (χ0n) is 8.31. The number of carbonyl (C=O) groups excluding carboxylic acids is 1. The summed E-state index contributed by atoms with van der Waals surface area (Å²) in [4.78, 5) is 9.98. The van der Waals surface area contributed by atoms with Crippen molar-refractivity contribution < 1.29 is 4.79 Å². The Bertz CT molecular complexity index is 119. The fourth-order valence-corrected chi connectivity index (χ4v) is 0.963. The Morgan fingerprint density at radius 1 is 1.50 bits per heavy atom. The van der Waals surface area contributed by atoms with E-state index in [9.17, 15) is 4.79 Å². The molecule has 0 aromatic heterocycles. The van der Waals surface area contributed by atoms with E-state index < -0.39 is 0 Å². The number of amides is 1. The summed E-state index contributed by atoms with van der Waals surface area (Å²) in [5.74, 6) is 0.872. The van der Waals surface area contributed by atoms with Gasteiger partial charge in [0.2, 0.25) is 5.91 Å². The van der Waals surface area contributed by atoms with Gasteiger partial charge in [0.15, 0.2) is 0 Å². The molecule has 0 spiro atoms. The van der Waals surface area contributed by atoms with E-state index in [1.165, 1.54) is 19.3 Å². The minimum atomic E-state index is -0.193. The minimum absolute atomic E-state index is 0.193. The molecule has 0 aromatic rings. The maximum absolute atomic E-state index is 9.98. The lowest BCUT2D eigenvalue weighted by Crippen LogP contribution is -2.09. The molecule has 0 aliphatic heterocycles. The molecule has 1 rings (SSSR count). The number of unbranched alkanes of at least 4 members (excludes halogenated alkanes) is 1. The third-order valence-corrected chi connectivity index (χ3v) is 2.17. The third-order valence-electron chi connectivity index (χ3n) is 2.17. The highest BCUT2D eigenvalue weighted by molar-refractivity contribution is 5.73. The number of rotatable bonds is 3. The van der Waals surface area contributed by atoms with Gasteiger partial charge in [-0.25, -0.2) is 0 Å². The molecule has 1 fully saturated rings. The zero-order valence-corrected chi connectivity index (χ0v) is 8.31. The van der Waals surface area contributed by atoms with Crippen LogP contribution in [0.15, 0.2) is 0 Å². The molecular formula is C10H21NO. The van der Waals surface area contributed by atoms with Gasteiger partial charge in [0.25, 0.3) is 0 Å². The van der Waals surface area contributed by atoms with E-state index in [-0.39, 0.29) is 5.91 Å². The Labute approximate surface area is 75.5 Å². The van der Waals surface area contributed by atoms with Crippen molar-refractivity contribution in [2.24, 2.45) is 11.7 Å².